The molecule has 2 amide bonds. The van der Waals surface area contributed by atoms with E-state index < -0.39 is 15.9 Å². The van der Waals surface area contributed by atoms with Gasteiger partial charge in [0, 0.05) is 19.2 Å². The minimum Gasteiger partial charge on any atom is -0.506 e. The number of nitrogens with one attached hydrogen (secondary N) is 2. The van der Waals surface area contributed by atoms with E-state index in [9.17, 15) is 18.3 Å². The number of carbonyl (C=O) groups excluding carboxylic acids is 1. The molecule has 3 aromatic carbocycles. The number of nitrogens with zero attached hydrogens (tertiary/aromatic N) is 1. The molecule has 8 heteroatoms. The minimum absolute atomic E-state index is 0.00114. The molecule has 4 rings (SSSR count). The Balaban J connectivity index is 1.43. The van der Waals surface area contributed by atoms with Crippen molar-refractivity contribution in [3.8, 4) is 5.75 Å². The van der Waals surface area contributed by atoms with Crippen LogP contribution in [0.1, 0.15) is 35.2 Å². The highest BCUT2D eigenvalue weighted by Crippen LogP contribution is 2.29. The number of carbonyl (C=O) groups is 1. The summed E-state index contributed by atoms with van der Waals surface area (Å²) >= 11 is 0. The summed E-state index contributed by atoms with van der Waals surface area (Å²) in [6.45, 7) is 3.51. The molecule has 1 aliphatic rings. The summed E-state index contributed by atoms with van der Waals surface area (Å²) in [5.41, 5.74) is 4.14. The van der Waals surface area contributed by atoms with Crippen LogP contribution in [0.4, 0.5) is 10.5 Å². The zero-order valence-electron chi connectivity index (χ0n) is 18.6. The number of sulfone groups is 1. The Bertz CT molecular complexity index is 1280. The lowest BCUT2D eigenvalue weighted by molar-refractivity contribution is 0.249. The molecule has 0 bridgehead atoms. The molecule has 0 aliphatic carbocycles. The largest absolute Gasteiger partial charge is 0.506 e. The molecule has 0 spiro atoms. The lowest BCUT2D eigenvalue weighted by Gasteiger charge is -2.16. The van der Waals surface area contributed by atoms with E-state index in [1.165, 1.54) is 23.8 Å². The van der Waals surface area contributed by atoms with Crippen molar-refractivity contribution in [2.75, 3.05) is 12.4 Å². The predicted molar refractivity (Wildman–Crippen MR) is 128 cm³/mol. The lowest BCUT2D eigenvalue weighted by Crippen LogP contribution is -2.31. The Hall–Kier alpha value is -3.36. The van der Waals surface area contributed by atoms with Crippen molar-refractivity contribution < 1.29 is 18.3 Å². The summed E-state index contributed by atoms with van der Waals surface area (Å²) in [7, 11) is -1.64. The number of hydrogen-bond donors (Lipinski definition) is 3. The third-order valence-corrected chi connectivity index (χ3v) is 7.42. The van der Waals surface area contributed by atoms with Gasteiger partial charge in [-0.15, -0.1) is 0 Å². The predicted octanol–water partition coefficient (Wildman–Crippen LogP) is 4.19. The summed E-state index contributed by atoms with van der Waals surface area (Å²) in [5, 5.41) is 15.7. The molecule has 0 saturated heterocycles. The summed E-state index contributed by atoms with van der Waals surface area (Å²) < 4.78 is 25.9. The first-order valence-electron chi connectivity index (χ1n) is 10.7. The Morgan fingerprint density at radius 2 is 1.76 bits per heavy atom. The molecule has 0 radical (unpaired) electrons. The van der Waals surface area contributed by atoms with E-state index in [0.29, 0.717) is 5.56 Å². The summed E-state index contributed by atoms with van der Waals surface area (Å²) in [5.74, 6) is -0.472. The molecule has 172 valence electrons. The molecule has 1 aliphatic heterocycles. The standard InChI is InChI=1S/C25H27N3O4S/c1-17(19-6-4-3-5-7-19)26-25(30)27-23-11-10-22(13-24(23)29)33(31,32)16-18-8-9-20-14-28(2)15-21(20)12-18/h3-13,17,29H,14-16H2,1-2H3,(H2,26,27,30). The van der Waals surface area contributed by atoms with Crippen LogP contribution in [0.3, 0.4) is 0 Å². The maximum atomic E-state index is 12.9. The number of phenolic OH excluding ortho intramolecular Hbond substituents is 1. The van der Waals surface area contributed by atoms with Crippen LogP contribution in [-0.2, 0) is 28.7 Å². The van der Waals surface area contributed by atoms with Crippen molar-refractivity contribution in [2.24, 2.45) is 0 Å². The molecule has 33 heavy (non-hydrogen) atoms. The Kier molecular flexibility index (Phi) is 6.40. The third-order valence-electron chi connectivity index (χ3n) is 5.73. The first kappa shape index (κ1) is 22.8. The van der Waals surface area contributed by atoms with E-state index in [1.807, 2.05) is 62.5 Å². The molecule has 0 aromatic heterocycles. The molecule has 0 saturated carbocycles. The highest BCUT2D eigenvalue weighted by Gasteiger charge is 2.21. The maximum absolute atomic E-state index is 12.9. The van der Waals surface area contributed by atoms with Gasteiger partial charge in [-0.25, -0.2) is 13.2 Å². The van der Waals surface area contributed by atoms with Crippen molar-refractivity contribution in [3.63, 3.8) is 0 Å². The first-order valence-corrected chi connectivity index (χ1v) is 12.3. The van der Waals surface area contributed by atoms with Gasteiger partial charge in [-0.3, -0.25) is 4.90 Å². The van der Waals surface area contributed by atoms with Crippen LogP contribution >= 0.6 is 0 Å². The number of phenols is 1. The number of hydrogen-bond acceptors (Lipinski definition) is 5. The molecule has 7 nitrogen and oxygen atoms in total. The van der Waals surface area contributed by atoms with Gasteiger partial charge in [0.25, 0.3) is 0 Å². The number of benzene rings is 3. The maximum Gasteiger partial charge on any atom is 0.319 e. The third kappa shape index (κ3) is 5.35. The number of rotatable bonds is 6. The summed E-state index contributed by atoms with van der Waals surface area (Å²) in [4.78, 5) is 14.5. The summed E-state index contributed by atoms with van der Waals surface area (Å²) in [6, 6.07) is 18.5. The normalized spacial score (nSPS) is 14.5. The Morgan fingerprint density at radius 3 is 2.48 bits per heavy atom. The first-order chi connectivity index (χ1) is 15.7. The SMILES string of the molecule is CC(NC(=O)Nc1ccc(S(=O)(=O)Cc2ccc3c(c2)CN(C)C3)cc1O)c1ccccc1. The van der Waals surface area contributed by atoms with Gasteiger partial charge >= 0.3 is 6.03 Å². The van der Waals surface area contributed by atoms with E-state index in [4.69, 9.17) is 0 Å². The topological polar surface area (TPSA) is 98.7 Å². The lowest BCUT2D eigenvalue weighted by atomic mass is 10.1. The van der Waals surface area contributed by atoms with Crippen LogP contribution in [0.25, 0.3) is 0 Å². The molecule has 1 heterocycles. The Morgan fingerprint density at radius 1 is 1.03 bits per heavy atom. The van der Waals surface area contributed by atoms with Gasteiger partial charge in [0.1, 0.15) is 5.75 Å². The fraction of sp³-hybridized carbons (Fsp3) is 0.240. The van der Waals surface area contributed by atoms with Crippen LogP contribution in [0.15, 0.2) is 71.6 Å². The number of aromatic hydroxyl groups is 1. The minimum atomic E-state index is -3.67. The zero-order chi connectivity index (χ0) is 23.6. The van der Waals surface area contributed by atoms with Crippen LogP contribution in [0.5, 0.6) is 5.75 Å². The van der Waals surface area contributed by atoms with E-state index in [2.05, 4.69) is 15.5 Å². The van der Waals surface area contributed by atoms with Crippen molar-refractivity contribution in [3.05, 3.63) is 89.0 Å². The highest BCUT2D eigenvalue weighted by atomic mass is 32.2. The molecular formula is C25H27N3O4S. The van der Waals surface area contributed by atoms with E-state index >= 15 is 0 Å². The van der Waals surface area contributed by atoms with Crippen molar-refractivity contribution in [1.29, 1.82) is 0 Å². The number of anilines is 1. The average Bonchev–Trinajstić information content (AvgIpc) is 3.14. The van der Waals surface area contributed by atoms with Crippen LogP contribution in [-0.4, -0.2) is 31.5 Å². The van der Waals surface area contributed by atoms with Gasteiger partial charge in [-0.2, -0.15) is 0 Å². The zero-order valence-corrected chi connectivity index (χ0v) is 19.4. The second-order valence-corrected chi connectivity index (χ2v) is 10.4. The van der Waals surface area contributed by atoms with Crippen LogP contribution in [0.2, 0.25) is 0 Å². The fourth-order valence-electron chi connectivity index (χ4n) is 4.00. The highest BCUT2D eigenvalue weighted by molar-refractivity contribution is 7.90. The van der Waals surface area contributed by atoms with Gasteiger partial charge < -0.3 is 15.7 Å². The quantitative estimate of drug-likeness (QED) is 0.474. The van der Waals surface area contributed by atoms with Gasteiger partial charge in [0.2, 0.25) is 0 Å². The van der Waals surface area contributed by atoms with Gasteiger partial charge in [-0.1, -0.05) is 48.5 Å². The number of urea groups is 1. The Labute approximate surface area is 194 Å². The molecule has 1 unspecified atom stereocenters. The molecular weight excluding hydrogens is 438 g/mol. The average molecular weight is 466 g/mol. The molecule has 3 N–H and O–H groups in total. The monoisotopic (exact) mass is 465 g/mol. The summed E-state index contributed by atoms with van der Waals surface area (Å²) in [6.07, 6.45) is 0. The molecule has 0 fully saturated rings. The van der Waals surface area contributed by atoms with Crippen molar-refractivity contribution in [2.45, 2.75) is 36.7 Å². The molecule has 3 aromatic rings. The van der Waals surface area contributed by atoms with Crippen LogP contribution in [0, 0.1) is 0 Å². The van der Waals surface area contributed by atoms with Crippen molar-refractivity contribution in [1.82, 2.24) is 10.2 Å². The second kappa shape index (κ2) is 9.25. The van der Waals surface area contributed by atoms with Gasteiger partial charge in [0.05, 0.1) is 22.4 Å². The van der Waals surface area contributed by atoms with Crippen molar-refractivity contribution >= 4 is 21.6 Å². The smallest absolute Gasteiger partial charge is 0.319 e. The van der Waals surface area contributed by atoms with Gasteiger partial charge in [0.15, 0.2) is 9.84 Å². The number of amides is 2. The van der Waals surface area contributed by atoms with E-state index in [0.717, 1.165) is 24.2 Å². The van der Waals surface area contributed by atoms with Crippen LogP contribution < -0.4 is 10.6 Å². The second-order valence-electron chi connectivity index (χ2n) is 8.44. The van der Waals surface area contributed by atoms with Gasteiger partial charge in [-0.05, 0) is 48.4 Å². The van der Waals surface area contributed by atoms with E-state index in [1.54, 1.807) is 0 Å². The number of fused-ring (bicyclic) bond motifs is 1. The van der Waals surface area contributed by atoms with E-state index in [-0.39, 0.29) is 28.1 Å². The molecule has 1 atom stereocenters. The fourth-order valence-corrected chi connectivity index (χ4v) is 5.35.